The lowest BCUT2D eigenvalue weighted by atomic mass is 10.1. The Kier molecular flexibility index (Phi) is 9.32. The fraction of sp³-hybridized carbons (Fsp3) is 0.348. The fourth-order valence-corrected chi connectivity index (χ4v) is 2.76. The molecular formula is C23H26F3N5O4. The molecule has 0 aliphatic carbocycles. The third-order valence-corrected chi connectivity index (χ3v) is 4.71. The van der Waals surface area contributed by atoms with E-state index in [1.807, 2.05) is 6.92 Å². The Bertz CT molecular complexity index is 1150. The van der Waals surface area contributed by atoms with Gasteiger partial charge in [-0.1, -0.05) is 24.2 Å². The number of amides is 2. The van der Waals surface area contributed by atoms with E-state index in [4.69, 9.17) is 9.26 Å². The van der Waals surface area contributed by atoms with E-state index in [0.717, 1.165) is 6.07 Å². The molecule has 0 saturated carbocycles. The molecule has 1 heterocycles. The second kappa shape index (κ2) is 12.0. The number of nitrogens with one attached hydrogen (secondary N) is 2. The van der Waals surface area contributed by atoms with Crippen molar-refractivity contribution >= 4 is 29.7 Å². The highest BCUT2D eigenvalue weighted by atomic mass is 19.4. The van der Waals surface area contributed by atoms with Crippen molar-refractivity contribution in [2.45, 2.75) is 46.3 Å². The predicted molar refractivity (Wildman–Crippen MR) is 124 cm³/mol. The number of carbonyl (C=O) groups is 2. The number of aryl methyl sites for hydroxylation is 1. The number of methoxy groups -OCH3 is 1. The first-order chi connectivity index (χ1) is 16.5. The molecule has 2 rings (SSSR count). The molecule has 1 aromatic carbocycles. The van der Waals surface area contributed by atoms with Crippen molar-refractivity contribution in [3.8, 4) is 0 Å². The molecule has 0 aliphatic heterocycles. The SMILES string of the molecule is CC/C=C(/N=CN=C(C)OC)C(=O)NC(C)c1cc(C(=O)Nc2ccc(C)c(C(F)(F)F)c2)on1. The van der Waals surface area contributed by atoms with Crippen LogP contribution >= 0.6 is 0 Å². The number of allylic oxidation sites excluding steroid dienone is 1. The average molecular weight is 493 g/mol. The minimum absolute atomic E-state index is 0.0310. The largest absolute Gasteiger partial charge is 0.484 e. The van der Waals surface area contributed by atoms with Crippen LogP contribution < -0.4 is 10.6 Å². The molecule has 2 N–H and O–H groups in total. The van der Waals surface area contributed by atoms with Crippen LogP contribution in [0.1, 0.15) is 60.6 Å². The minimum Gasteiger partial charge on any atom is -0.484 e. The molecular weight excluding hydrogens is 467 g/mol. The van der Waals surface area contributed by atoms with E-state index in [1.54, 1.807) is 19.9 Å². The molecule has 0 radical (unpaired) electrons. The quantitative estimate of drug-likeness (QED) is 0.311. The second-order valence-electron chi connectivity index (χ2n) is 7.39. The second-order valence-corrected chi connectivity index (χ2v) is 7.39. The molecule has 2 aromatic rings. The number of hydrogen-bond donors (Lipinski definition) is 2. The zero-order chi connectivity index (χ0) is 26.2. The number of hydrogen-bond acceptors (Lipinski definition) is 6. The maximum absolute atomic E-state index is 13.1. The van der Waals surface area contributed by atoms with Crippen LogP contribution in [0, 0.1) is 6.92 Å². The normalized spacial score (nSPS) is 13.6. The Morgan fingerprint density at radius 1 is 1.29 bits per heavy atom. The van der Waals surface area contributed by atoms with Crippen LogP contribution in [0.4, 0.5) is 18.9 Å². The summed E-state index contributed by atoms with van der Waals surface area (Å²) in [4.78, 5) is 33.0. The van der Waals surface area contributed by atoms with Crippen molar-refractivity contribution in [2.75, 3.05) is 12.4 Å². The summed E-state index contributed by atoms with van der Waals surface area (Å²) in [5, 5.41) is 8.82. The summed E-state index contributed by atoms with van der Waals surface area (Å²) in [5.41, 5.74) is -0.523. The maximum atomic E-state index is 13.1. The molecule has 0 fully saturated rings. The number of anilines is 1. The van der Waals surface area contributed by atoms with E-state index in [1.165, 1.54) is 38.6 Å². The van der Waals surface area contributed by atoms with E-state index < -0.39 is 29.6 Å². The van der Waals surface area contributed by atoms with Crippen molar-refractivity contribution < 1.29 is 32.0 Å². The van der Waals surface area contributed by atoms with Crippen LogP contribution in [-0.2, 0) is 15.7 Å². The van der Waals surface area contributed by atoms with Crippen molar-refractivity contribution in [1.29, 1.82) is 0 Å². The molecule has 0 saturated heterocycles. The van der Waals surface area contributed by atoms with Gasteiger partial charge in [-0.2, -0.15) is 13.2 Å². The van der Waals surface area contributed by atoms with Crippen LogP contribution in [0.2, 0.25) is 0 Å². The van der Waals surface area contributed by atoms with Gasteiger partial charge in [-0.15, -0.1) is 0 Å². The first-order valence-electron chi connectivity index (χ1n) is 10.5. The maximum Gasteiger partial charge on any atom is 0.416 e. The van der Waals surface area contributed by atoms with Gasteiger partial charge in [-0.25, -0.2) is 9.98 Å². The number of rotatable bonds is 8. The summed E-state index contributed by atoms with van der Waals surface area (Å²) in [5.74, 6) is -1.16. The highest BCUT2D eigenvalue weighted by Crippen LogP contribution is 2.33. The van der Waals surface area contributed by atoms with Gasteiger partial charge in [0, 0.05) is 18.7 Å². The van der Waals surface area contributed by atoms with E-state index in [9.17, 15) is 22.8 Å². The third-order valence-electron chi connectivity index (χ3n) is 4.71. The lowest BCUT2D eigenvalue weighted by molar-refractivity contribution is -0.138. The zero-order valence-electron chi connectivity index (χ0n) is 19.9. The van der Waals surface area contributed by atoms with Crippen molar-refractivity contribution in [1.82, 2.24) is 10.5 Å². The van der Waals surface area contributed by atoms with Crippen molar-refractivity contribution in [2.24, 2.45) is 9.98 Å². The molecule has 0 spiro atoms. The summed E-state index contributed by atoms with van der Waals surface area (Å²) in [7, 11) is 1.46. The number of ether oxygens (including phenoxy) is 1. The highest BCUT2D eigenvalue weighted by molar-refractivity contribution is 6.02. The molecule has 188 valence electrons. The monoisotopic (exact) mass is 493 g/mol. The first kappa shape index (κ1) is 27.3. The number of carbonyl (C=O) groups excluding carboxylic acids is 2. The number of aromatic nitrogens is 1. The lowest BCUT2D eigenvalue weighted by Gasteiger charge is -2.12. The Labute approximate surface area is 200 Å². The fourth-order valence-electron chi connectivity index (χ4n) is 2.76. The Hall–Kier alpha value is -3.96. The topological polar surface area (TPSA) is 118 Å². The molecule has 1 aromatic heterocycles. The van der Waals surface area contributed by atoms with Gasteiger partial charge in [-0.05, 0) is 38.0 Å². The molecule has 2 amide bonds. The average Bonchev–Trinajstić information content (AvgIpc) is 3.29. The molecule has 0 aliphatic rings. The molecule has 12 heteroatoms. The van der Waals surface area contributed by atoms with Crippen LogP contribution in [0.5, 0.6) is 0 Å². The Morgan fingerprint density at radius 3 is 2.63 bits per heavy atom. The van der Waals surface area contributed by atoms with Crippen LogP contribution in [-0.4, -0.2) is 36.3 Å². The standard InChI is InChI=1S/C23H26F3N5O4/c1-6-7-18(28-12-27-15(4)34-5)21(32)29-14(3)19-11-20(35-31-19)22(33)30-16-9-8-13(2)17(10-16)23(24,25)26/h7-12,14H,6H2,1-5H3,(H,29,32)(H,30,33)/b18-7+,27-15?,28-12?. The van der Waals surface area contributed by atoms with Gasteiger partial charge in [0.15, 0.2) is 5.90 Å². The third kappa shape index (κ3) is 7.80. The predicted octanol–water partition coefficient (Wildman–Crippen LogP) is 4.82. The molecule has 1 unspecified atom stereocenters. The van der Waals surface area contributed by atoms with Gasteiger partial charge >= 0.3 is 6.18 Å². The van der Waals surface area contributed by atoms with Gasteiger partial charge in [-0.3, -0.25) is 9.59 Å². The number of benzene rings is 1. The van der Waals surface area contributed by atoms with Gasteiger partial charge in [0.2, 0.25) is 5.76 Å². The molecule has 9 nitrogen and oxygen atoms in total. The Morgan fingerprint density at radius 2 is 2.00 bits per heavy atom. The Balaban J connectivity index is 2.09. The molecule has 0 bridgehead atoms. The molecule has 1 atom stereocenters. The van der Waals surface area contributed by atoms with Gasteiger partial charge in [0.1, 0.15) is 17.7 Å². The number of nitrogens with zero attached hydrogens (tertiary/aromatic N) is 3. The van der Waals surface area contributed by atoms with Crippen LogP contribution in [0.15, 0.2) is 50.5 Å². The van der Waals surface area contributed by atoms with Gasteiger partial charge in [0.05, 0.1) is 18.7 Å². The summed E-state index contributed by atoms with van der Waals surface area (Å²) < 4.78 is 49.3. The summed E-state index contributed by atoms with van der Waals surface area (Å²) in [6, 6.07) is 4.07. The summed E-state index contributed by atoms with van der Waals surface area (Å²) >= 11 is 0. The van der Waals surface area contributed by atoms with Crippen molar-refractivity contribution in [3.05, 3.63) is 58.6 Å². The number of alkyl halides is 3. The molecule has 35 heavy (non-hydrogen) atoms. The van der Waals surface area contributed by atoms with Crippen LogP contribution in [0.25, 0.3) is 0 Å². The highest BCUT2D eigenvalue weighted by Gasteiger charge is 2.32. The van der Waals surface area contributed by atoms with E-state index in [2.05, 4.69) is 25.8 Å². The van der Waals surface area contributed by atoms with Crippen molar-refractivity contribution in [3.63, 3.8) is 0 Å². The van der Waals surface area contributed by atoms with E-state index in [0.29, 0.717) is 12.3 Å². The van der Waals surface area contributed by atoms with Gasteiger partial charge < -0.3 is 19.9 Å². The zero-order valence-corrected chi connectivity index (χ0v) is 19.9. The van der Waals surface area contributed by atoms with E-state index >= 15 is 0 Å². The van der Waals surface area contributed by atoms with E-state index in [-0.39, 0.29) is 28.4 Å². The van der Waals surface area contributed by atoms with Gasteiger partial charge in [0.25, 0.3) is 11.8 Å². The minimum atomic E-state index is -4.55. The summed E-state index contributed by atoms with van der Waals surface area (Å²) in [6.07, 6.45) is -1.21. The lowest BCUT2D eigenvalue weighted by Crippen LogP contribution is -2.27. The van der Waals surface area contributed by atoms with Crippen LogP contribution in [0.3, 0.4) is 0 Å². The first-order valence-corrected chi connectivity index (χ1v) is 10.5. The smallest absolute Gasteiger partial charge is 0.416 e. The number of halogens is 3. The summed E-state index contributed by atoms with van der Waals surface area (Å²) in [6.45, 7) is 6.41. The number of aliphatic imine (C=N–C) groups is 2.